The number of nitro groups is 1. The van der Waals surface area contributed by atoms with Crippen LogP contribution in [0.1, 0.15) is 29.9 Å². The first-order valence-corrected chi connectivity index (χ1v) is 10.3. The number of hydrogen-bond donors (Lipinski definition) is 0. The number of ether oxygens (including phenoxy) is 1. The van der Waals surface area contributed by atoms with Crippen molar-refractivity contribution >= 4 is 21.7 Å². The van der Waals surface area contributed by atoms with Crippen molar-refractivity contribution in [2.45, 2.75) is 18.8 Å². The molecule has 1 aliphatic rings. The Hall–Kier alpha value is -2.16. The Morgan fingerprint density at radius 3 is 2.56 bits per heavy atom. The molecule has 0 saturated heterocycles. The van der Waals surface area contributed by atoms with E-state index in [0.717, 1.165) is 0 Å². The summed E-state index contributed by atoms with van der Waals surface area (Å²) in [5.74, 6) is -0.472. The van der Waals surface area contributed by atoms with E-state index >= 15 is 0 Å². The number of fused-ring (bicyclic) bond motifs is 2. The lowest BCUT2D eigenvalue weighted by molar-refractivity contribution is -0.484. The zero-order valence-corrected chi connectivity index (χ0v) is 16.1. The minimum absolute atomic E-state index is 0.185. The Morgan fingerprint density at radius 2 is 1.85 bits per heavy atom. The molecule has 0 N–H and O–H groups in total. The summed E-state index contributed by atoms with van der Waals surface area (Å²) in [5.41, 5.74) is 1.21. The molecule has 144 valence electrons. The van der Waals surface area contributed by atoms with Crippen molar-refractivity contribution in [3.63, 3.8) is 0 Å². The third kappa shape index (κ3) is 4.40. The predicted molar refractivity (Wildman–Crippen MR) is 101 cm³/mol. The van der Waals surface area contributed by atoms with E-state index in [1.165, 1.54) is 6.92 Å². The highest BCUT2D eigenvalue weighted by molar-refractivity contribution is 7.86. The van der Waals surface area contributed by atoms with Crippen molar-refractivity contribution in [2.75, 3.05) is 18.9 Å². The maximum Gasteiger partial charge on any atom is 0.267 e. The van der Waals surface area contributed by atoms with Gasteiger partial charge in [0.2, 0.25) is 6.54 Å². The molecular weight excluding hydrogens is 394 g/mol. The fourth-order valence-electron chi connectivity index (χ4n) is 3.19. The average molecular weight is 412 g/mol. The zero-order chi connectivity index (χ0) is 19.6. The summed E-state index contributed by atoms with van der Waals surface area (Å²) < 4.78 is 34.9. The summed E-state index contributed by atoms with van der Waals surface area (Å²) in [6.45, 7) is 0.840. The van der Waals surface area contributed by atoms with Crippen molar-refractivity contribution < 1.29 is 22.3 Å². The third-order valence-electron chi connectivity index (χ3n) is 4.52. The van der Waals surface area contributed by atoms with E-state index < -0.39 is 33.4 Å². The van der Waals surface area contributed by atoms with Gasteiger partial charge in [0.1, 0.15) is 11.5 Å². The number of hydrogen-bond acceptors (Lipinski definition) is 6. The van der Waals surface area contributed by atoms with Crippen LogP contribution in [0.4, 0.5) is 0 Å². The van der Waals surface area contributed by atoms with Crippen LogP contribution in [0.3, 0.4) is 0 Å². The van der Waals surface area contributed by atoms with E-state index in [1.54, 1.807) is 42.5 Å². The van der Waals surface area contributed by atoms with Crippen LogP contribution in [0.15, 0.2) is 42.5 Å². The van der Waals surface area contributed by atoms with E-state index in [0.29, 0.717) is 27.6 Å². The smallest absolute Gasteiger partial charge is 0.267 e. The lowest BCUT2D eigenvalue weighted by Crippen LogP contribution is -2.24. The SMILES string of the molecule is CCS(=O)(=O)OC[C@H]1c2cc(Cl)ccc2Oc2ccccc2[C@@H]1C[N+](=O)[O-]. The molecule has 1 heterocycles. The first-order valence-electron chi connectivity index (χ1n) is 8.36. The topological polar surface area (TPSA) is 95.7 Å². The fraction of sp³-hybridized carbons (Fsp3) is 0.333. The van der Waals surface area contributed by atoms with Gasteiger partial charge >= 0.3 is 0 Å². The molecule has 2 atom stereocenters. The molecule has 2 aromatic rings. The molecule has 3 rings (SSSR count). The first kappa shape index (κ1) is 19.6. The van der Waals surface area contributed by atoms with Crippen molar-refractivity contribution in [2.24, 2.45) is 0 Å². The second-order valence-electron chi connectivity index (χ2n) is 6.18. The van der Waals surface area contributed by atoms with E-state index in [4.69, 9.17) is 20.5 Å². The van der Waals surface area contributed by atoms with Gasteiger partial charge in [0.05, 0.1) is 18.3 Å². The van der Waals surface area contributed by atoms with Crippen molar-refractivity contribution in [1.82, 2.24) is 0 Å². The van der Waals surface area contributed by atoms with Gasteiger partial charge in [0.15, 0.2) is 0 Å². The normalized spacial score (nSPS) is 18.7. The molecule has 0 saturated carbocycles. The minimum atomic E-state index is -3.72. The minimum Gasteiger partial charge on any atom is -0.457 e. The van der Waals surface area contributed by atoms with Gasteiger partial charge in [0, 0.05) is 27.0 Å². The van der Waals surface area contributed by atoms with Crippen LogP contribution in [0.2, 0.25) is 5.02 Å². The predicted octanol–water partition coefficient (Wildman–Crippen LogP) is 3.96. The van der Waals surface area contributed by atoms with Crippen LogP contribution in [0, 0.1) is 10.1 Å². The number of rotatable bonds is 6. The van der Waals surface area contributed by atoms with Gasteiger partial charge in [-0.25, -0.2) is 0 Å². The lowest BCUT2D eigenvalue weighted by Gasteiger charge is -2.23. The molecule has 0 fully saturated rings. The lowest BCUT2D eigenvalue weighted by atomic mass is 9.82. The quantitative estimate of drug-likeness (QED) is 0.405. The van der Waals surface area contributed by atoms with Crippen LogP contribution in [-0.4, -0.2) is 32.2 Å². The maximum absolute atomic E-state index is 11.9. The van der Waals surface area contributed by atoms with Crippen LogP contribution in [-0.2, 0) is 14.3 Å². The molecule has 0 radical (unpaired) electrons. The van der Waals surface area contributed by atoms with Crippen LogP contribution < -0.4 is 4.74 Å². The number of halogens is 1. The Balaban J connectivity index is 2.14. The summed E-state index contributed by atoms with van der Waals surface area (Å²) in [6, 6.07) is 12.0. The highest BCUT2D eigenvalue weighted by Crippen LogP contribution is 2.47. The number of para-hydroxylation sites is 1. The highest BCUT2D eigenvalue weighted by Gasteiger charge is 2.37. The second kappa shape index (κ2) is 7.84. The first-order chi connectivity index (χ1) is 12.8. The summed E-state index contributed by atoms with van der Waals surface area (Å²) in [7, 11) is -3.72. The van der Waals surface area contributed by atoms with Crippen LogP contribution >= 0.6 is 11.6 Å². The standard InChI is InChI=1S/C18H18ClNO6S/c1-2-27(23,24)25-11-16-14-9-12(19)7-8-18(14)26-17-6-4-3-5-13(17)15(16)10-20(21)22/h3-9,15-16H,2,10-11H2,1H3/t15-,16-/m0/s1. The maximum atomic E-state index is 11.9. The van der Waals surface area contributed by atoms with Gasteiger partial charge in [0.25, 0.3) is 10.1 Å². The van der Waals surface area contributed by atoms with Crippen LogP contribution in [0.5, 0.6) is 11.5 Å². The van der Waals surface area contributed by atoms with E-state index in [-0.39, 0.29) is 12.4 Å². The Labute approximate surface area is 162 Å². The van der Waals surface area contributed by atoms with Gasteiger partial charge in [-0.3, -0.25) is 14.3 Å². The van der Waals surface area contributed by atoms with Gasteiger partial charge < -0.3 is 4.74 Å². The third-order valence-corrected chi connectivity index (χ3v) is 5.96. The highest BCUT2D eigenvalue weighted by atomic mass is 35.5. The van der Waals surface area contributed by atoms with E-state index in [9.17, 15) is 18.5 Å². The molecule has 7 nitrogen and oxygen atoms in total. The largest absolute Gasteiger partial charge is 0.457 e. The Morgan fingerprint density at radius 1 is 1.15 bits per heavy atom. The van der Waals surface area contributed by atoms with Crippen LogP contribution in [0.25, 0.3) is 0 Å². The molecule has 0 amide bonds. The molecule has 1 aliphatic heterocycles. The number of benzene rings is 2. The summed E-state index contributed by atoms with van der Waals surface area (Å²) in [6.07, 6.45) is 0. The number of nitrogens with zero attached hydrogens (tertiary/aromatic N) is 1. The Bertz CT molecular complexity index is 962. The molecule has 27 heavy (non-hydrogen) atoms. The van der Waals surface area contributed by atoms with Gasteiger partial charge in [-0.1, -0.05) is 29.8 Å². The van der Waals surface area contributed by atoms with E-state index in [2.05, 4.69) is 0 Å². The Kier molecular flexibility index (Phi) is 5.69. The van der Waals surface area contributed by atoms with Gasteiger partial charge in [-0.05, 0) is 31.2 Å². The molecule has 0 aliphatic carbocycles. The molecule has 0 bridgehead atoms. The molecule has 0 spiro atoms. The van der Waals surface area contributed by atoms with Gasteiger partial charge in [-0.2, -0.15) is 8.42 Å². The molecule has 9 heteroatoms. The van der Waals surface area contributed by atoms with Crippen molar-refractivity contribution in [3.8, 4) is 11.5 Å². The molecule has 0 unspecified atom stereocenters. The molecule has 2 aromatic carbocycles. The van der Waals surface area contributed by atoms with Crippen molar-refractivity contribution in [3.05, 3.63) is 68.7 Å². The summed E-state index contributed by atoms with van der Waals surface area (Å²) in [4.78, 5) is 10.9. The zero-order valence-electron chi connectivity index (χ0n) is 14.5. The van der Waals surface area contributed by atoms with Gasteiger partial charge in [-0.15, -0.1) is 0 Å². The monoisotopic (exact) mass is 411 g/mol. The summed E-state index contributed by atoms with van der Waals surface area (Å²) >= 11 is 6.13. The second-order valence-corrected chi connectivity index (χ2v) is 8.55. The molecular formula is C18H18ClNO6S. The van der Waals surface area contributed by atoms with Crippen molar-refractivity contribution in [1.29, 1.82) is 0 Å². The van der Waals surface area contributed by atoms with E-state index in [1.807, 2.05) is 0 Å². The fourth-order valence-corrected chi connectivity index (χ4v) is 3.89. The summed E-state index contributed by atoms with van der Waals surface area (Å²) in [5, 5.41) is 11.8. The average Bonchev–Trinajstić information content (AvgIpc) is 2.74. The molecule has 0 aromatic heterocycles.